The summed E-state index contributed by atoms with van der Waals surface area (Å²) in [5, 5.41) is 0. The summed E-state index contributed by atoms with van der Waals surface area (Å²) in [4.78, 5) is 0. The summed E-state index contributed by atoms with van der Waals surface area (Å²) in [6.45, 7) is 0. The first-order valence-electron chi connectivity index (χ1n) is 11.4. The standard InChI is InChI=1S/C29H19F6N/c30-28(31,32)25-23(14-17-8-5-11-20-18-9-3-1-6-15(18)12-21(17)20)27(36)22-13-16-7-2-4-10-19(16)24(22)26(25)29(33,34)35/h1-11H,12-14,36H2. The molecule has 0 amide bonds. The Balaban J connectivity index is 1.61. The van der Waals surface area contributed by atoms with E-state index in [-0.39, 0.29) is 29.7 Å². The van der Waals surface area contributed by atoms with Crippen LogP contribution in [-0.4, -0.2) is 0 Å². The van der Waals surface area contributed by atoms with Crippen LogP contribution >= 0.6 is 0 Å². The number of hydrogen-bond donors (Lipinski definition) is 1. The molecule has 0 unspecified atom stereocenters. The third-order valence-electron chi connectivity index (χ3n) is 7.29. The monoisotopic (exact) mass is 495 g/mol. The lowest BCUT2D eigenvalue weighted by atomic mass is 9.85. The summed E-state index contributed by atoms with van der Waals surface area (Å²) in [5.74, 6) is 0. The second kappa shape index (κ2) is 7.63. The number of alkyl halides is 6. The Kier molecular flexibility index (Phi) is 4.81. The molecule has 0 saturated carbocycles. The lowest BCUT2D eigenvalue weighted by Gasteiger charge is -2.25. The maximum Gasteiger partial charge on any atom is 0.417 e. The molecule has 7 heteroatoms. The van der Waals surface area contributed by atoms with Crippen molar-refractivity contribution >= 4 is 5.69 Å². The van der Waals surface area contributed by atoms with E-state index < -0.39 is 34.6 Å². The third-order valence-corrected chi connectivity index (χ3v) is 7.29. The van der Waals surface area contributed by atoms with Gasteiger partial charge in [0.2, 0.25) is 0 Å². The van der Waals surface area contributed by atoms with Crippen molar-refractivity contribution in [2.24, 2.45) is 0 Å². The molecule has 2 aliphatic carbocycles. The molecule has 0 saturated heterocycles. The highest BCUT2D eigenvalue weighted by atomic mass is 19.4. The number of benzene rings is 4. The molecular formula is C29H19F6N. The fourth-order valence-electron chi connectivity index (χ4n) is 5.83. The number of rotatable bonds is 2. The molecule has 36 heavy (non-hydrogen) atoms. The molecule has 2 N–H and O–H groups in total. The van der Waals surface area contributed by atoms with Gasteiger partial charge in [0.15, 0.2) is 0 Å². The van der Waals surface area contributed by atoms with Crippen LogP contribution in [0.15, 0.2) is 66.7 Å². The van der Waals surface area contributed by atoms with Gasteiger partial charge in [0.05, 0.1) is 11.1 Å². The number of nitrogen functional groups attached to an aromatic ring is 1. The van der Waals surface area contributed by atoms with Crippen molar-refractivity contribution in [3.63, 3.8) is 0 Å². The maximum absolute atomic E-state index is 14.5. The summed E-state index contributed by atoms with van der Waals surface area (Å²) in [5.41, 5.74) is 6.91. The molecule has 0 fully saturated rings. The van der Waals surface area contributed by atoms with Gasteiger partial charge in [0.1, 0.15) is 0 Å². The largest absolute Gasteiger partial charge is 0.417 e. The average Bonchev–Trinajstić information content (AvgIpc) is 3.39. The number of fused-ring (bicyclic) bond motifs is 6. The Bertz CT molecular complexity index is 1550. The van der Waals surface area contributed by atoms with E-state index in [1.807, 2.05) is 30.3 Å². The molecule has 0 bridgehead atoms. The zero-order valence-corrected chi connectivity index (χ0v) is 18.8. The fourth-order valence-corrected chi connectivity index (χ4v) is 5.83. The summed E-state index contributed by atoms with van der Waals surface area (Å²) in [6.07, 6.45) is -10.2. The van der Waals surface area contributed by atoms with Gasteiger partial charge in [0, 0.05) is 24.1 Å². The average molecular weight is 495 g/mol. The van der Waals surface area contributed by atoms with Crippen molar-refractivity contribution in [3.05, 3.63) is 111 Å². The molecule has 0 aromatic heterocycles. The van der Waals surface area contributed by atoms with Crippen LogP contribution in [0.3, 0.4) is 0 Å². The first kappa shape index (κ1) is 22.7. The Morgan fingerprint density at radius 3 is 1.83 bits per heavy atom. The van der Waals surface area contributed by atoms with E-state index >= 15 is 0 Å². The lowest BCUT2D eigenvalue weighted by molar-refractivity contribution is -0.162. The van der Waals surface area contributed by atoms with Crippen LogP contribution in [0, 0.1) is 0 Å². The van der Waals surface area contributed by atoms with Crippen LogP contribution < -0.4 is 5.73 Å². The van der Waals surface area contributed by atoms with E-state index in [1.54, 1.807) is 24.3 Å². The minimum atomic E-state index is -5.25. The van der Waals surface area contributed by atoms with E-state index in [4.69, 9.17) is 5.73 Å². The molecule has 0 spiro atoms. The Morgan fingerprint density at radius 1 is 0.611 bits per heavy atom. The maximum atomic E-state index is 14.5. The number of nitrogens with two attached hydrogens (primary N) is 1. The van der Waals surface area contributed by atoms with E-state index in [0.717, 1.165) is 22.3 Å². The number of anilines is 1. The van der Waals surface area contributed by atoms with Crippen LogP contribution in [0.2, 0.25) is 0 Å². The molecule has 0 atom stereocenters. The highest BCUT2D eigenvalue weighted by Gasteiger charge is 2.49. The first-order valence-corrected chi connectivity index (χ1v) is 11.4. The van der Waals surface area contributed by atoms with Crippen molar-refractivity contribution in [2.75, 3.05) is 5.73 Å². The summed E-state index contributed by atoms with van der Waals surface area (Å²) >= 11 is 0. The van der Waals surface area contributed by atoms with Gasteiger partial charge in [0.25, 0.3) is 0 Å². The van der Waals surface area contributed by atoms with Crippen LogP contribution in [0.5, 0.6) is 0 Å². The predicted octanol–water partition coefficient (Wildman–Crippen LogP) is 8.04. The molecule has 1 nitrogen and oxygen atoms in total. The van der Waals surface area contributed by atoms with Gasteiger partial charge < -0.3 is 5.73 Å². The minimum Gasteiger partial charge on any atom is -0.398 e. The van der Waals surface area contributed by atoms with Crippen LogP contribution in [-0.2, 0) is 31.6 Å². The number of halogens is 6. The first-order chi connectivity index (χ1) is 17.1. The molecular weight excluding hydrogens is 476 g/mol. The fraction of sp³-hybridized carbons (Fsp3) is 0.172. The van der Waals surface area contributed by atoms with Crippen LogP contribution in [0.25, 0.3) is 22.3 Å². The third kappa shape index (κ3) is 3.33. The van der Waals surface area contributed by atoms with Crippen LogP contribution in [0.1, 0.15) is 44.5 Å². The molecule has 4 aromatic carbocycles. The van der Waals surface area contributed by atoms with Gasteiger partial charge in [-0.15, -0.1) is 0 Å². The highest BCUT2D eigenvalue weighted by Crippen LogP contribution is 2.54. The summed E-state index contributed by atoms with van der Waals surface area (Å²) < 4.78 is 86.8. The van der Waals surface area contributed by atoms with Gasteiger partial charge in [-0.2, -0.15) is 26.3 Å². The topological polar surface area (TPSA) is 26.0 Å². The Hall–Kier alpha value is -3.74. The smallest absolute Gasteiger partial charge is 0.398 e. The molecule has 6 rings (SSSR count). The molecule has 0 aliphatic heterocycles. The minimum absolute atomic E-state index is 0.0594. The predicted molar refractivity (Wildman–Crippen MR) is 127 cm³/mol. The SMILES string of the molecule is Nc1c2c(c(C(F)(F)F)c(C(F)(F)F)c1Cc1cccc3c1Cc1ccccc1-3)-c1ccccc1C2. The quantitative estimate of drug-likeness (QED) is 0.191. The van der Waals surface area contributed by atoms with Gasteiger partial charge in [-0.25, -0.2) is 0 Å². The summed E-state index contributed by atoms with van der Waals surface area (Å²) in [7, 11) is 0. The Morgan fingerprint density at radius 2 is 1.17 bits per heavy atom. The van der Waals surface area contributed by atoms with E-state index in [1.165, 1.54) is 12.1 Å². The van der Waals surface area contributed by atoms with Crippen molar-refractivity contribution in [1.29, 1.82) is 0 Å². The van der Waals surface area contributed by atoms with Crippen molar-refractivity contribution in [1.82, 2.24) is 0 Å². The second-order valence-corrected chi connectivity index (χ2v) is 9.28. The van der Waals surface area contributed by atoms with Gasteiger partial charge in [-0.3, -0.25) is 0 Å². The normalized spacial score (nSPS) is 13.8. The van der Waals surface area contributed by atoms with Crippen molar-refractivity contribution in [2.45, 2.75) is 31.6 Å². The van der Waals surface area contributed by atoms with Crippen molar-refractivity contribution < 1.29 is 26.3 Å². The van der Waals surface area contributed by atoms with E-state index in [9.17, 15) is 26.3 Å². The molecule has 0 heterocycles. The molecule has 182 valence electrons. The summed E-state index contributed by atoms with van der Waals surface area (Å²) in [6, 6.07) is 19.2. The molecule has 4 aromatic rings. The van der Waals surface area contributed by atoms with Crippen LogP contribution in [0.4, 0.5) is 32.0 Å². The van der Waals surface area contributed by atoms with E-state index in [2.05, 4.69) is 0 Å². The second-order valence-electron chi connectivity index (χ2n) is 9.28. The lowest BCUT2D eigenvalue weighted by Crippen LogP contribution is -2.23. The van der Waals surface area contributed by atoms with Crippen molar-refractivity contribution in [3.8, 4) is 22.3 Å². The van der Waals surface area contributed by atoms with Gasteiger partial charge >= 0.3 is 12.4 Å². The van der Waals surface area contributed by atoms with Gasteiger partial charge in [-0.05, 0) is 56.5 Å². The highest BCUT2D eigenvalue weighted by molar-refractivity contribution is 5.88. The zero-order chi connectivity index (χ0) is 25.4. The number of hydrogen-bond acceptors (Lipinski definition) is 1. The Labute approximate surface area is 203 Å². The van der Waals surface area contributed by atoms with Gasteiger partial charge in [-0.1, -0.05) is 66.7 Å². The van der Waals surface area contributed by atoms with E-state index in [0.29, 0.717) is 17.5 Å². The molecule has 2 aliphatic rings. The molecule has 0 radical (unpaired) electrons. The zero-order valence-electron chi connectivity index (χ0n) is 18.8.